The predicted octanol–water partition coefficient (Wildman–Crippen LogP) is 5.40. The number of carbonyl (C=O) groups is 1. The summed E-state index contributed by atoms with van der Waals surface area (Å²) in [6, 6.07) is 32.8. The highest BCUT2D eigenvalue weighted by molar-refractivity contribution is 7.04. The van der Waals surface area contributed by atoms with Crippen molar-refractivity contribution in [2.75, 3.05) is 19.0 Å². The molecule has 0 radical (unpaired) electrons. The van der Waals surface area contributed by atoms with Gasteiger partial charge in [-0.05, 0) is 42.1 Å². The number of benzene rings is 3. The maximum absolute atomic E-state index is 12.0. The van der Waals surface area contributed by atoms with E-state index < -0.39 is 20.1 Å². The van der Waals surface area contributed by atoms with Gasteiger partial charge in [0.2, 0.25) is 0 Å². The molecule has 1 unspecified atom stereocenters. The molecule has 3 aromatic rings. The lowest BCUT2D eigenvalue weighted by atomic mass is 10.1. The van der Waals surface area contributed by atoms with Gasteiger partial charge in [0.1, 0.15) is 8.07 Å². The number of hydrogen-bond donors (Lipinski definition) is 2. The van der Waals surface area contributed by atoms with Gasteiger partial charge in [0.05, 0.1) is 7.11 Å². The third kappa shape index (κ3) is 6.74. The van der Waals surface area contributed by atoms with Crippen LogP contribution in [0.5, 0.6) is 0 Å². The fourth-order valence-corrected chi connectivity index (χ4v) is 10.7. The summed E-state index contributed by atoms with van der Waals surface area (Å²) in [6.07, 6.45) is 1.94. The molecule has 2 N–H and O–H groups in total. The monoisotopic (exact) mass is 501 g/mol. The molecule has 0 heterocycles. The third-order valence-corrected chi connectivity index (χ3v) is 13.2. The first kappa shape index (κ1) is 27.4. The Kier molecular flexibility index (Phi) is 9.68. The maximum Gasteiger partial charge on any atom is 0.338 e. The smallest absolute Gasteiger partial charge is 0.338 e. The zero-order valence-corrected chi connectivity index (χ0v) is 22.9. The van der Waals surface area contributed by atoms with Gasteiger partial charge >= 0.3 is 5.97 Å². The van der Waals surface area contributed by atoms with E-state index >= 15 is 0 Å². The van der Waals surface area contributed by atoms with E-state index in [0.717, 1.165) is 30.1 Å². The summed E-state index contributed by atoms with van der Waals surface area (Å²) in [4.78, 5) is 12.0. The molecule has 1 atom stereocenters. The van der Waals surface area contributed by atoms with Gasteiger partial charge in [-0.2, -0.15) is 0 Å². The number of ether oxygens (including phenoxy) is 1. The molecule has 0 saturated heterocycles. The minimum atomic E-state index is -2.26. The number of aliphatic hydroxyl groups excluding tert-OH is 1. The van der Waals surface area contributed by atoms with E-state index in [1.165, 1.54) is 17.5 Å². The maximum atomic E-state index is 12.0. The Balaban J connectivity index is 1.94. The summed E-state index contributed by atoms with van der Waals surface area (Å²) < 4.78 is 4.78. The van der Waals surface area contributed by atoms with Crippen molar-refractivity contribution in [1.29, 1.82) is 0 Å². The van der Waals surface area contributed by atoms with E-state index in [-0.39, 0.29) is 5.04 Å². The largest absolute Gasteiger partial charge is 0.467 e. The highest BCUT2D eigenvalue weighted by Gasteiger charge is 2.46. The molecule has 3 rings (SSSR count). The van der Waals surface area contributed by atoms with Crippen LogP contribution in [-0.2, 0) is 9.53 Å². The van der Waals surface area contributed by atoms with Crippen LogP contribution in [0.15, 0.2) is 103 Å². The molecule has 36 heavy (non-hydrogen) atoms. The Morgan fingerprint density at radius 3 is 1.86 bits per heavy atom. The van der Waals surface area contributed by atoms with Gasteiger partial charge in [0, 0.05) is 12.2 Å². The molecule has 5 heteroatoms. The van der Waals surface area contributed by atoms with E-state index in [0.29, 0.717) is 6.54 Å². The molecule has 190 valence electrons. The van der Waals surface area contributed by atoms with Gasteiger partial charge < -0.3 is 15.2 Å². The zero-order chi connectivity index (χ0) is 26.0. The lowest BCUT2D eigenvalue weighted by molar-refractivity contribution is -0.147. The van der Waals surface area contributed by atoms with Gasteiger partial charge in [-0.15, -0.1) is 0 Å². The summed E-state index contributed by atoms with van der Waals surface area (Å²) in [7, 11) is -0.957. The SMILES string of the molecule is COC(=O)C(O)/C=C(/CCNc1ccccc1)CC[Si](c1ccccc1)(c1ccccc1)C(C)(C)C. The van der Waals surface area contributed by atoms with E-state index in [1.54, 1.807) is 6.08 Å². The number of esters is 1. The van der Waals surface area contributed by atoms with E-state index in [9.17, 15) is 9.90 Å². The fraction of sp³-hybridized carbons (Fsp3) is 0.323. The normalized spacial score (nSPS) is 13.2. The molecule has 0 aliphatic rings. The van der Waals surface area contributed by atoms with E-state index in [4.69, 9.17) is 4.74 Å². The first-order chi connectivity index (χ1) is 17.3. The molecule has 0 spiro atoms. The predicted molar refractivity (Wildman–Crippen MR) is 153 cm³/mol. The van der Waals surface area contributed by atoms with Crippen LogP contribution in [0.2, 0.25) is 11.1 Å². The average molecular weight is 502 g/mol. The highest BCUT2D eigenvalue weighted by Crippen LogP contribution is 2.40. The molecular formula is C31H39NO3Si. The number of carbonyl (C=O) groups excluding carboxylic acids is 1. The summed E-state index contributed by atoms with van der Waals surface area (Å²) >= 11 is 0. The van der Waals surface area contributed by atoms with Crippen molar-refractivity contribution < 1.29 is 14.6 Å². The van der Waals surface area contributed by atoms with Crippen molar-refractivity contribution in [2.24, 2.45) is 0 Å². The summed E-state index contributed by atoms with van der Waals surface area (Å²) in [5.41, 5.74) is 2.11. The molecule has 0 aliphatic heterocycles. The van der Waals surface area contributed by atoms with E-state index in [1.807, 2.05) is 30.3 Å². The Labute approximate surface area is 217 Å². The first-order valence-corrected chi connectivity index (χ1v) is 14.8. The molecule has 0 fully saturated rings. The van der Waals surface area contributed by atoms with Gasteiger partial charge in [0.15, 0.2) is 6.10 Å². The fourth-order valence-electron chi connectivity index (χ4n) is 5.12. The van der Waals surface area contributed by atoms with Crippen LogP contribution < -0.4 is 15.7 Å². The van der Waals surface area contributed by atoms with Gasteiger partial charge in [-0.3, -0.25) is 0 Å². The second kappa shape index (κ2) is 12.7. The van der Waals surface area contributed by atoms with Crippen LogP contribution >= 0.6 is 0 Å². The van der Waals surface area contributed by atoms with E-state index in [2.05, 4.69) is 86.8 Å². The molecule has 0 bridgehead atoms. The minimum Gasteiger partial charge on any atom is -0.467 e. The van der Waals surface area contributed by atoms with Gasteiger partial charge in [0.25, 0.3) is 0 Å². The number of hydrogen-bond acceptors (Lipinski definition) is 4. The van der Waals surface area contributed by atoms with Crippen LogP contribution in [0, 0.1) is 0 Å². The summed E-state index contributed by atoms with van der Waals surface area (Å²) in [5, 5.41) is 16.8. The number of rotatable bonds is 11. The number of aliphatic hydroxyl groups is 1. The Bertz CT molecular complexity index is 1070. The van der Waals surface area contributed by atoms with Crippen LogP contribution in [0.25, 0.3) is 0 Å². The van der Waals surface area contributed by atoms with Crippen LogP contribution in [-0.4, -0.2) is 38.9 Å². The van der Waals surface area contributed by atoms with Crippen molar-refractivity contribution >= 4 is 30.1 Å². The third-order valence-electron chi connectivity index (χ3n) is 7.02. The standard InChI is InChI=1S/C31H39NO3Si/c1-31(2,3)36(27-16-10-6-11-17-27,28-18-12-7-13-19-28)23-21-25(24-29(33)30(34)35-4)20-22-32-26-14-8-5-9-15-26/h5-19,24,29,32-33H,20-23H2,1-4H3/b25-24-. The number of para-hydroxylation sites is 1. The quantitative estimate of drug-likeness (QED) is 0.210. The van der Waals surface area contributed by atoms with Crippen molar-refractivity contribution in [2.45, 2.75) is 50.8 Å². The van der Waals surface area contributed by atoms with Crippen LogP contribution in [0.4, 0.5) is 5.69 Å². The molecule has 0 saturated carbocycles. The molecule has 0 aliphatic carbocycles. The lowest BCUT2D eigenvalue weighted by Gasteiger charge is -2.44. The van der Waals surface area contributed by atoms with Crippen molar-refractivity contribution in [3.63, 3.8) is 0 Å². The molecule has 3 aromatic carbocycles. The number of nitrogens with one attached hydrogen (secondary N) is 1. The Hall–Kier alpha value is -3.15. The van der Waals surface area contributed by atoms with Crippen molar-refractivity contribution in [3.8, 4) is 0 Å². The second-order valence-electron chi connectivity index (χ2n) is 10.2. The summed E-state index contributed by atoms with van der Waals surface area (Å²) in [5.74, 6) is -0.631. The molecule has 4 nitrogen and oxygen atoms in total. The van der Waals surface area contributed by atoms with Crippen molar-refractivity contribution in [1.82, 2.24) is 0 Å². The highest BCUT2D eigenvalue weighted by atomic mass is 28.3. The summed E-state index contributed by atoms with van der Waals surface area (Å²) in [6.45, 7) is 7.76. The van der Waals surface area contributed by atoms with Gasteiger partial charge in [-0.1, -0.05) is 116 Å². The Morgan fingerprint density at radius 2 is 1.39 bits per heavy atom. The minimum absolute atomic E-state index is 0.0457. The zero-order valence-electron chi connectivity index (χ0n) is 21.9. The Morgan fingerprint density at radius 1 is 0.889 bits per heavy atom. The van der Waals surface area contributed by atoms with Gasteiger partial charge in [-0.25, -0.2) is 4.79 Å². The second-order valence-corrected chi connectivity index (χ2v) is 15.2. The number of methoxy groups -OCH3 is 1. The molecule has 0 amide bonds. The molecule has 0 aromatic heterocycles. The number of anilines is 1. The first-order valence-electron chi connectivity index (χ1n) is 12.6. The molecular weight excluding hydrogens is 462 g/mol. The van der Waals surface area contributed by atoms with Crippen molar-refractivity contribution in [3.05, 3.63) is 103 Å². The average Bonchev–Trinajstić information content (AvgIpc) is 2.89. The van der Waals surface area contributed by atoms with Crippen LogP contribution in [0.3, 0.4) is 0 Å². The lowest BCUT2D eigenvalue weighted by Crippen LogP contribution is -2.64. The topological polar surface area (TPSA) is 58.6 Å². The van der Waals surface area contributed by atoms with Crippen LogP contribution in [0.1, 0.15) is 33.6 Å².